The maximum absolute atomic E-state index is 14.3. The van der Waals surface area contributed by atoms with Crippen LogP contribution in [0.2, 0.25) is 0 Å². The molecule has 0 bridgehead atoms. The summed E-state index contributed by atoms with van der Waals surface area (Å²) >= 11 is 0. The third-order valence-electron chi connectivity index (χ3n) is 11.7. The Labute approximate surface area is 418 Å². The summed E-state index contributed by atoms with van der Waals surface area (Å²) in [6.45, 7) is 18.3. The lowest BCUT2D eigenvalue weighted by Crippen LogP contribution is -2.18. The van der Waals surface area contributed by atoms with Gasteiger partial charge in [0.15, 0.2) is 0 Å². The Kier molecular flexibility index (Phi) is 18.4. The SMILES string of the molecule is C=C/C=C\C/C(C)=C\C/C(=C\CC)OP(Oc1cccc2c1C(=O)c1c(cccc1OP(C)Oc1ccc3ccccc3c1)C2)C(C)C.Cc1ccc2ccccc2c1.Cc1ccc2ccccc2c1. The first-order valence-corrected chi connectivity index (χ1v) is 26.9. The van der Waals surface area contributed by atoms with E-state index >= 15 is 0 Å². The van der Waals surface area contributed by atoms with E-state index in [2.05, 4.69) is 163 Å². The molecule has 8 aromatic carbocycles. The predicted octanol–water partition coefficient (Wildman–Crippen LogP) is 18.5. The minimum absolute atomic E-state index is 0.0949. The number of carbonyl (C=O) groups excluding carboxylic acids is 1. The Morgan fingerprint density at radius 1 is 0.614 bits per heavy atom. The second kappa shape index (κ2) is 25.2. The van der Waals surface area contributed by atoms with Gasteiger partial charge in [-0.1, -0.05) is 208 Å². The van der Waals surface area contributed by atoms with Crippen LogP contribution in [-0.2, 0) is 10.9 Å². The van der Waals surface area contributed by atoms with Crippen molar-refractivity contribution in [3.63, 3.8) is 0 Å². The van der Waals surface area contributed by atoms with Gasteiger partial charge < -0.3 is 18.1 Å². The monoisotopic (exact) mass is 962 g/mol. The van der Waals surface area contributed by atoms with Gasteiger partial charge in [-0.25, -0.2) is 0 Å². The molecule has 7 heteroatoms. The Morgan fingerprint density at radius 3 is 1.66 bits per heavy atom. The smallest absolute Gasteiger partial charge is 0.292 e. The van der Waals surface area contributed by atoms with E-state index in [-0.39, 0.29) is 11.4 Å². The Morgan fingerprint density at radius 2 is 1.13 bits per heavy atom. The van der Waals surface area contributed by atoms with E-state index in [1.54, 1.807) is 6.08 Å². The van der Waals surface area contributed by atoms with Gasteiger partial charge in [0.05, 0.1) is 11.1 Å². The Balaban J connectivity index is 0.000000263. The van der Waals surface area contributed by atoms with E-state index in [9.17, 15) is 4.79 Å². The van der Waals surface area contributed by atoms with Gasteiger partial charge in [0.2, 0.25) is 5.78 Å². The van der Waals surface area contributed by atoms with Gasteiger partial charge >= 0.3 is 0 Å². The van der Waals surface area contributed by atoms with Crippen LogP contribution >= 0.6 is 16.8 Å². The number of aryl methyl sites for hydroxylation is 2. The highest BCUT2D eigenvalue weighted by molar-refractivity contribution is 7.48. The standard InChI is InChI=1S/C41H44O5P2.2C11H10/c1-7-9-10-16-30(5)23-25-35(15-8-2)44-48(29(3)4)46-38-22-14-20-34-27-33-19-13-21-37(39(33)41(42)40(34)38)45-47(6)43-36-26-24-31-17-11-12-18-32(31)28-36;2*1-9-6-7-10-4-2-3-5-11(10)8-9/h7,9-15,17-24,26,28-29H,1,8,16,25,27H2,2-6H3;2*2-8H,1H3/b10-9-,30-23-,35-15+;;. The molecule has 1 aliphatic rings. The lowest BCUT2D eigenvalue weighted by Gasteiger charge is -2.27. The van der Waals surface area contributed by atoms with Crippen LogP contribution in [0.5, 0.6) is 17.2 Å². The van der Waals surface area contributed by atoms with E-state index in [4.69, 9.17) is 18.1 Å². The number of carbonyl (C=O) groups is 1. The number of hydrogen-bond donors (Lipinski definition) is 0. The van der Waals surface area contributed by atoms with Gasteiger partial charge in [0, 0.05) is 18.7 Å². The van der Waals surface area contributed by atoms with Crippen molar-refractivity contribution >= 4 is 54.9 Å². The van der Waals surface area contributed by atoms with Crippen LogP contribution < -0.4 is 13.6 Å². The summed E-state index contributed by atoms with van der Waals surface area (Å²) in [4.78, 5) is 14.3. The second-order valence-corrected chi connectivity index (χ2v) is 20.9. The van der Waals surface area contributed by atoms with Crippen LogP contribution in [0.4, 0.5) is 0 Å². The first-order chi connectivity index (χ1) is 34.0. The molecule has 0 saturated carbocycles. The molecule has 0 saturated heterocycles. The predicted molar refractivity (Wildman–Crippen MR) is 299 cm³/mol. The summed E-state index contributed by atoms with van der Waals surface area (Å²) in [5.74, 6) is 2.56. The molecule has 70 heavy (non-hydrogen) atoms. The molecule has 0 heterocycles. The highest BCUT2D eigenvalue weighted by Gasteiger charge is 2.32. The van der Waals surface area contributed by atoms with Crippen molar-refractivity contribution in [2.24, 2.45) is 0 Å². The number of benzene rings is 8. The molecule has 8 aromatic rings. The van der Waals surface area contributed by atoms with Gasteiger partial charge in [-0.3, -0.25) is 4.79 Å². The van der Waals surface area contributed by atoms with Crippen LogP contribution in [0.3, 0.4) is 0 Å². The molecule has 2 atom stereocenters. The van der Waals surface area contributed by atoms with E-state index in [1.807, 2.05) is 79.5 Å². The zero-order chi connectivity index (χ0) is 49.4. The van der Waals surface area contributed by atoms with Gasteiger partial charge in [-0.2, -0.15) is 0 Å². The maximum atomic E-state index is 14.3. The molecule has 0 spiro atoms. The Hall–Kier alpha value is -6.77. The summed E-state index contributed by atoms with van der Waals surface area (Å²) in [6.07, 6.45) is 13.1. The highest BCUT2D eigenvalue weighted by atomic mass is 31.2. The van der Waals surface area contributed by atoms with Crippen LogP contribution in [0.1, 0.15) is 85.1 Å². The molecule has 0 aliphatic heterocycles. The summed E-state index contributed by atoms with van der Waals surface area (Å²) in [5, 5.41) is 7.53. The molecule has 2 unspecified atom stereocenters. The van der Waals surface area contributed by atoms with Crippen LogP contribution in [0, 0.1) is 13.8 Å². The quantitative estimate of drug-likeness (QED) is 0.0443. The number of allylic oxidation sites excluding steroid dienone is 6. The fourth-order valence-corrected chi connectivity index (χ4v) is 10.2. The van der Waals surface area contributed by atoms with Gasteiger partial charge in [0.1, 0.15) is 23.0 Å². The average molecular weight is 963 g/mol. The molecule has 0 N–H and O–H groups in total. The van der Waals surface area contributed by atoms with Crippen molar-refractivity contribution in [1.82, 2.24) is 0 Å². The number of hydrogen-bond acceptors (Lipinski definition) is 5. The average Bonchev–Trinajstić information content (AvgIpc) is 3.35. The summed E-state index contributed by atoms with van der Waals surface area (Å²) in [7, 11) is -2.75. The molecule has 0 fully saturated rings. The van der Waals surface area contributed by atoms with Crippen molar-refractivity contribution in [1.29, 1.82) is 0 Å². The summed E-state index contributed by atoms with van der Waals surface area (Å²) < 4.78 is 25.8. The molecule has 0 aromatic heterocycles. The maximum Gasteiger partial charge on any atom is 0.292 e. The summed E-state index contributed by atoms with van der Waals surface area (Å²) in [6, 6.07) is 55.6. The molecule has 0 amide bonds. The third kappa shape index (κ3) is 13.9. The topological polar surface area (TPSA) is 54.0 Å². The molecule has 0 radical (unpaired) electrons. The number of ketones is 1. The molecule has 356 valence electrons. The van der Waals surface area contributed by atoms with Crippen molar-refractivity contribution in [3.8, 4) is 17.2 Å². The van der Waals surface area contributed by atoms with Crippen molar-refractivity contribution in [2.75, 3.05) is 6.66 Å². The largest absolute Gasteiger partial charge is 0.443 e. The minimum atomic E-state index is -1.38. The molecule has 1 aliphatic carbocycles. The van der Waals surface area contributed by atoms with E-state index < -0.39 is 16.8 Å². The fraction of sp³-hybridized carbons (Fsp3) is 0.190. The van der Waals surface area contributed by atoms with Crippen LogP contribution in [0.25, 0.3) is 32.3 Å². The lowest BCUT2D eigenvalue weighted by atomic mass is 9.84. The molecular formula is C63H64O5P2. The van der Waals surface area contributed by atoms with Crippen molar-refractivity contribution in [3.05, 3.63) is 245 Å². The summed E-state index contributed by atoms with van der Waals surface area (Å²) in [5.41, 5.74) is 6.99. The van der Waals surface area contributed by atoms with Gasteiger partial charge in [-0.05, 0) is 114 Å². The first-order valence-electron chi connectivity index (χ1n) is 24.0. The van der Waals surface area contributed by atoms with Gasteiger partial charge in [0.25, 0.3) is 16.8 Å². The van der Waals surface area contributed by atoms with E-state index in [0.29, 0.717) is 35.5 Å². The Bertz CT molecular complexity index is 3090. The van der Waals surface area contributed by atoms with E-state index in [0.717, 1.165) is 46.2 Å². The molecule has 5 nitrogen and oxygen atoms in total. The number of fused-ring (bicyclic) bond motifs is 5. The third-order valence-corrected chi connectivity index (χ3v) is 14.2. The lowest BCUT2D eigenvalue weighted by molar-refractivity contribution is 0.103. The molecule has 9 rings (SSSR count). The van der Waals surface area contributed by atoms with Gasteiger partial charge in [-0.15, -0.1) is 0 Å². The normalized spacial score (nSPS) is 13.1. The van der Waals surface area contributed by atoms with Crippen LogP contribution in [-0.4, -0.2) is 18.1 Å². The second-order valence-electron chi connectivity index (χ2n) is 17.7. The van der Waals surface area contributed by atoms with Crippen LogP contribution in [0.15, 0.2) is 212 Å². The number of rotatable bonds is 15. The zero-order valence-corrected chi connectivity index (χ0v) is 43.3. The zero-order valence-electron chi connectivity index (χ0n) is 41.5. The van der Waals surface area contributed by atoms with E-state index in [1.165, 1.54) is 38.2 Å². The van der Waals surface area contributed by atoms with Crippen molar-refractivity contribution in [2.45, 2.75) is 72.9 Å². The first kappa shape index (κ1) is 51.1. The highest BCUT2D eigenvalue weighted by Crippen LogP contribution is 2.50. The fourth-order valence-electron chi connectivity index (χ4n) is 8.13. The molecular weight excluding hydrogens is 899 g/mol. The van der Waals surface area contributed by atoms with Crippen molar-refractivity contribution < 1.29 is 22.9 Å². The minimum Gasteiger partial charge on any atom is -0.443 e.